The molecule has 1 fully saturated rings. The van der Waals surface area contributed by atoms with Gasteiger partial charge in [0, 0.05) is 36.8 Å². The predicted molar refractivity (Wildman–Crippen MR) is 123 cm³/mol. The maximum atomic E-state index is 12.7. The van der Waals surface area contributed by atoms with Gasteiger partial charge in [-0.05, 0) is 60.6 Å². The van der Waals surface area contributed by atoms with Crippen molar-refractivity contribution < 1.29 is 9.59 Å². The van der Waals surface area contributed by atoms with Gasteiger partial charge in [0.25, 0.3) is 5.91 Å². The molecule has 0 unspecified atom stereocenters. The topological polar surface area (TPSA) is 107 Å². The molecule has 3 N–H and O–H groups in total. The Morgan fingerprint density at radius 3 is 2.75 bits per heavy atom. The molecule has 1 aromatic carbocycles. The fraction of sp³-hybridized carbons (Fsp3) is 0.440. The summed E-state index contributed by atoms with van der Waals surface area (Å²) in [7, 11) is 0. The summed E-state index contributed by atoms with van der Waals surface area (Å²) in [5, 5.41) is 18.7. The van der Waals surface area contributed by atoms with Gasteiger partial charge >= 0.3 is 0 Å². The lowest BCUT2D eigenvalue weighted by Gasteiger charge is -2.45. The van der Waals surface area contributed by atoms with E-state index in [0.29, 0.717) is 35.3 Å². The molecule has 2 aliphatic rings. The van der Waals surface area contributed by atoms with E-state index in [-0.39, 0.29) is 23.3 Å². The molecule has 1 saturated carbocycles. The summed E-state index contributed by atoms with van der Waals surface area (Å²) in [5.74, 6) is 0.961. The van der Waals surface area contributed by atoms with Crippen molar-refractivity contribution in [1.29, 1.82) is 5.26 Å². The van der Waals surface area contributed by atoms with Crippen molar-refractivity contribution in [2.24, 2.45) is 11.3 Å². The number of benzene rings is 1. The first kappa shape index (κ1) is 21.8. The minimum absolute atomic E-state index is 0.182. The normalized spacial score (nSPS) is 21.5. The largest absolute Gasteiger partial charge is 0.381 e. The highest BCUT2D eigenvalue weighted by Gasteiger charge is 2.45. The second-order valence-electron chi connectivity index (χ2n) is 9.52. The fourth-order valence-corrected chi connectivity index (χ4v) is 5.20. The van der Waals surface area contributed by atoms with Gasteiger partial charge in [-0.15, -0.1) is 0 Å². The van der Waals surface area contributed by atoms with Crippen molar-refractivity contribution in [3.63, 3.8) is 0 Å². The molecule has 0 saturated heterocycles. The Balaban J connectivity index is 1.46. The number of carbonyl (C=O) groups is 2. The van der Waals surface area contributed by atoms with E-state index in [9.17, 15) is 14.9 Å². The number of nitrogens with one attached hydrogen (secondary N) is 3. The van der Waals surface area contributed by atoms with E-state index in [0.717, 1.165) is 18.5 Å². The standard InChI is InChI=1S/C25H29N5O2/c1-15(31)29-22-10-8-17(13-27-22)24(32)28-14-25(2,3)23-19-6-4-5-18(19)20-11-16(12-26)7-9-21(20)30-23/h7-11,13,18-19,23,30H,4-6,14H2,1-3H3,(H,28,32)(H,27,29,31)/t18-,19+,23-/m0/s1. The summed E-state index contributed by atoms with van der Waals surface area (Å²) in [6, 6.07) is 11.7. The third kappa shape index (κ3) is 4.31. The maximum Gasteiger partial charge on any atom is 0.252 e. The number of fused-ring (bicyclic) bond motifs is 3. The average molecular weight is 432 g/mol. The fourth-order valence-electron chi connectivity index (χ4n) is 5.20. The molecule has 7 heteroatoms. The Hall–Kier alpha value is -3.40. The Labute approximate surface area is 188 Å². The van der Waals surface area contributed by atoms with Crippen molar-refractivity contribution in [3.8, 4) is 6.07 Å². The number of aromatic nitrogens is 1. The highest BCUT2D eigenvalue weighted by Crippen LogP contribution is 2.51. The van der Waals surface area contributed by atoms with Gasteiger partial charge in [0.2, 0.25) is 5.91 Å². The van der Waals surface area contributed by atoms with Gasteiger partial charge in [0.15, 0.2) is 0 Å². The molecule has 166 valence electrons. The number of carbonyl (C=O) groups excluding carboxylic acids is 2. The van der Waals surface area contributed by atoms with Gasteiger partial charge in [-0.3, -0.25) is 9.59 Å². The molecule has 0 bridgehead atoms. The summed E-state index contributed by atoms with van der Waals surface area (Å²) in [6.45, 7) is 6.31. The zero-order valence-corrected chi connectivity index (χ0v) is 18.7. The second-order valence-corrected chi connectivity index (χ2v) is 9.52. The van der Waals surface area contributed by atoms with Crippen LogP contribution in [0.5, 0.6) is 0 Å². The first-order valence-electron chi connectivity index (χ1n) is 11.1. The van der Waals surface area contributed by atoms with E-state index in [4.69, 9.17) is 0 Å². The monoisotopic (exact) mass is 431 g/mol. The van der Waals surface area contributed by atoms with Crippen LogP contribution in [-0.4, -0.2) is 29.4 Å². The van der Waals surface area contributed by atoms with Gasteiger partial charge < -0.3 is 16.0 Å². The van der Waals surface area contributed by atoms with Crippen molar-refractivity contribution in [1.82, 2.24) is 10.3 Å². The van der Waals surface area contributed by atoms with Crippen molar-refractivity contribution in [2.75, 3.05) is 17.2 Å². The number of hydrogen-bond donors (Lipinski definition) is 3. The third-order valence-electron chi connectivity index (χ3n) is 6.76. The van der Waals surface area contributed by atoms with Gasteiger partial charge in [-0.25, -0.2) is 4.98 Å². The Kier molecular flexibility index (Phi) is 5.88. The van der Waals surface area contributed by atoms with Crippen LogP contribution in [0.2, 0.25) is 0 Å². The molecule has 1 aliphatic heterocycles. The van der Waals surface area contributed by atoms with Crippen LogP contribution in [0, 0.1) is 22.7 Å². The van der Waals surface area contributed by atoms with E-state index < -0.39 is 0 Å². The molecule has 2 heterocycles. The molecule has 1 aromatic heterocycles. The van der Waals surface area contributed by atoms with Crippen LogP contribution in [-0.2, 0) is 4.79 Å². The van der Waals surface area contributed by atoms with E-state index >= 15 is 0 Å². The zero-order chi connectivity index (χ0) is 22.9. The first-order valence-corrected chi connectivity index (χ1v) is 11.1. The molecule has 2 aromatic rings. The summed E-state index contributed by atoms with van der Waals surface area (Å²) in [5.41, 5.74) is 3.35. The van der Waals surface area contributed by atoms with Crippen LogP contribution in [0.15, 0.2) is 36.5 Å². The summed E-state index contributed by atoms with van der Waals surface area (Å²) >= 11 is 0. The quantitative estimate of drug-likeness (QED) is 0.662. The van der Waals surface area contributed by atoms with Gasteiger partial charge in [0.1, 0.15) is 5.82 Å². The molecule has 7 nitrogen and oxygen atoms in total. The van der Waals surface area contributed by atoms with E-state index in [1.54, 1.807) is 12.1 Å². The summed E-state index contributed by atoms with van der Waals surface area (Å²) < 4.78 is 0. The molecule has 32 heavy (non-hydrogen) atoms. The highest BCUT2D eigenvalue weighted by molar-refractivity contribution is 5.94. The van der Waals surface area contributed by atoms with Crippen molar-refractivity contribution in [3.05, 3.63) is 53.2 Å². The highest BCUT2D eigenvalue weighted by atomic mass is 16.2. The Morgan fingerprint density at radius 1 is 1.25 bits per heavy atom. The smallest absolute Gasteiger partial charge is 0.252 e. The lowest BCUT2D eigenvalue weighted by Crippen LogP contribution is -2.51. The van der Waals surface area contributed by atoms with E-state index in [2.05, 4.69) is 40.9 Å². The average Bonchev–Trinajstić information content (AvgIpc) is 3.27. The summed E-state index contributed by atoms with van der Waals surface area (Å²) in [6.07, 6.45) is 4.94. The number of pyridine rings is 1. The lowest BCUT2D eigenvalue weighted by molar-refractivity contribution is -0.114. The Bertz CT molecular complexity index is 1070. The van der Waals surface area contributed by atoms with Crippen LogP contribution in [0.1, 0.15) is 67.4 Å². The molecule has 4 rings (SSSR count). The minimum Gasteiger partial charge on any atom is -0.381 e. The number of rotatable bonds is 5. The molecule has 0 spiro atoms. The minimum atomic E-state index is -0.202. The second kappa shape index (κ2) is 8.62. The van der Waals surface area contributed by atoms with Gasteiger partial charge in [-0.2, -0.15) is 5.26 Å². The van der Waals surface area contributed by atoms with Crippen molar-refractivity contribution in [2.45, 2.75) is 52.0 Å². The maximum absolute atomic E-state index is 12.7. The van der Waals surface area contributed by atoms with Crippen LogP contribution < -0.4 is 16.0 Å². The van der Waals surface area contributed by atoms with Crippen LogP contribution in [0.3, 0.4) is 0 Å². The predicted octanol–water partition coefficient (Wildman–Crippen LogP) is 4.05. The van der Waals surface area contributed by atoms with Crippen LogP contribution in [0.4, 0.5) is 11.5 Å². The lowest BCUT2D eigenvalue weighted by atomic mass is 9.69. The number of hydrogen-bond acceptors (Lipinski definition) is 5. The van der Waals surface area contributed by atoms with E-state index in [1.165, 1.54) is 25.1 Å². The van der Waals surface area contributed by atoms with Gasteiger partial charge in [-0.1, -0.05) is 20.3 Å². The first-order chi connectivity index (χ1) is 15.3. The number of nitriles is 1. The van der Waals surface area contributed by atoms with Gasteiger partial charge in [0.05, 0.1) is 17.2 Å². The van der Waals surface area contributed by atoms with E-state index in [1.807, 2.05) is 18.2 Å². The SMILES string of the molecule is CC(=O)Nc1ccc(C(=O)NCC(C)(C)[C@H]2Nc3ccc(C#N)cc3[C@H]3CCC[C@H]32)cn1. The zero-order valence-electron chi connectivity index (χ0n) is 18.7. The van der Waals surface area contributed by atoms with Crippen LogP contribution in [0.25, 0.3) is 0 Å². The summed E-state index contributed by atoms with van der Waals surface area (Å²) in [4.78, 5) is 28.0. The van der Waals surface area contributed by atoms with Crippen LogP contribution >= 0.6 is 0 Å². The number of amides is 2. The Morgan fingerprint density at radius 2 is 2.06 bits per heavy atom. The molecule has 3 atom stereocenters. The molecule has 1 aliphatic carbocycles. The number of anilines is 2. The molecule has 0 radical (unpaired) electrons. The number of nitrogens with zero attached hydrogens (tertiary/aromatic N) is 2. The molecular weight excluding hydrogens is 402 g/mol. The third-order valence-corrected chi connectivity index (χ3v) is 6.76. The molecular formula is C25H29N5O2. The van der Waals surface area contributed by atoms with Crippen molar-refractivity contribution >= 4 is 23.3 Å². The molecule has 2 amide bonds.